The second kappa shape index (κ2) is 9.51. The van der Waals surface area contributed by atoms with E-state index < -0.39 is 5.97 Å². The van der Waals surface area contributed by atoms with Gasteiger partial charge in [0.05, 0.1) is 6.42 Å². The van der Waals surface area contributed by atoms with E-state index in [4.69, 9.17) is 4.74 Å². The Kier molecular flexibility index (Phi) is 6.58. The van der Waals surface area contributed by atoms with E-state index in [0.29, 0.717) is 5.69 Å². The number of anilines is 1. The largest absolute Gasteiger partial charge is 0.456 e. The second-order valence-electron chi connectivity index (χ2n) is 6.66. The first-order chi connectivity index (χ1) is 13.6. The van der Waals surface area contributed by atoms with Crippen molar-refractivity contribution in [3.8, 4) is 0 Å². The second-order valence-corrected chi connectivity index (χ2v) is 6.66. The molecule has 0 aliphatic heterocycles. The molecule has 1 amide bonds. The van der Waals surface area contributed by atoms with E-state index in [-0.39, 0.29) is 24.9 Å². The Morgan fingerprint density at radius 1 is 0.857 bits per heavy atom. The molecule has 0 saturated heterocycles. The van der Waals surface area contributed by atoms with Crippen molar-refractivity contribution in [3.63, 3.8) is 0 Å². The molecule has 0 unspecified atom stereocenters. The van der Waals surface area contributed by atoms with Gasteiger partial charge in [0.25, 0.3) is 5.91 Å². The monoisotopic (exact) mass is 373 g/mol. The number of aryl methyl sites for hydroxylation is 1. The molecule has 28 heavy (non-hydrogen) atoms. The van der Waals surface area contributed by atoms with Crippen LogP contribution in [0, 0.1) is 6.92 Å². The lowest BCUT2D eigenvalue weighted by atomic mass is 9.89. The fourth-order valence-electron chi connectivity index (χ4n) is 3.09. The number of nitrogens with one attached hydrogen (secondary N) is 1. The van der Waals surface area contributed by atoms with Gasteiger partial charge in [0.15, 0.2) is 6.61 Å². The van der Waals surface area contributed by atoms with Crippen molar-refractivity contribution in [2.24, 2.45) is 0 Å². The number of carbonyl (C=O) groups is 2. The third kappa shape index (κ3) is 5.55. The van der Waals surface area contributed by atoms with E-state index >= 15 is 0 Å². The highest BCUT2D eigenvalue weighted by atomic mass is 16.5. The van der Waals surface area contributed by atoms with E-state index in [2.05, 4.69) is 5.32 Å². The van der Waals surface area contributed by atoms with Gasteiger partial charge in [0.1, 0.15) is 0 Å². The molecule has 0 aliphatic carbocycles. The quantitative estimate of drug-likeness (QED) is 0.611. The fraction of sp³-hybridized carbons (Fsp3) is 0.167. The first-order valence-corrected chi connectivity index (χ1v) is 9.24. The lowest BCUT2D eigenvalue weighted by Crippen LogP contribution is -2.22. The van der Waals surface area contributed by atoms with Crippen molar-refractivity contribution in [2.75, 3.05) is 11.9 Å². The Labute approximate surface area is 165 Å². The Bertz CT molecular complexity index is 883. The molecule has 4 nitrogen and oxygen atoms in total. The Morgan fingerprint density at radius 2 is 1.46 bits per heavy atom. The van der Waals surface area contributed by atoms with Crippen LogP contribution in [0.1, 0.15) is 29.0 Å². The minimum Gasteiger partial charge on any atom is -0.456 e. The molecule has 0 atom stereocenters. The molecular formula is C24H23NO3. The van der Waals surface area contributed by atoms with Gasteiger partial charge >= 0.3 is 5.97 Å². The van der Waals surface area contributed by atoms with Crippen LogP contribution in [0.2, 0.25) is 0 Å². The summed E-state index contributed by atoms with van der Waals surface area (Å²) in [7, 11) is 0. The SMILES string of the molecule is Cc1cccc(NC(=O)COC(=O)CC(c2ccccc2)c2ccccc2)c1. The van der Waals surface area contributed by atoms with Gasteiger partial charge in [-0.3, -0.25) is 9.59 Å². The average molecular weight is 373 g/mol. The smallest absolute Gasteiger partial charge is 0.307 e. The van der Waals surface area contributed by atoms with E-state index in [1.54, 1.807) is 6.07 Å². The summed E-state index contributed by atoms with van der Waals surface area (Å²) in [6, 6.07) is 27.1. The third-order valence-electron chi connectivity index (χ3n) is 4.44. The summed E-state index contributed by atoms with van der Waals surface area (Å²) in [4.78, 5) is 24.5. The van der Waals surface area contributed by atoms with Crippen LogP contribution >= 0.6 is 0 Å². The number of hydrogen-bond donors (Lipinski definition) is 1. The van der Waals surface area contributed by atoms with Gasteiger partial charge in [-0.25, -0.2) is 0 Å². The standard InChI is InChI=1S/C24H23NO3/c1-18-9-8-14-21(15-18)25-23(26)17-28-24(27)16-22(19-10-4-2-5-11-19)20-12-6-3-7-13-20/h2-15,22H,16-17H2,1H3,(H,25,26). The molecule has 3 rings (SSSR count). The summed E-state index contributed by atoms with van der Waals surface area (Å²) in [6.45, 7) is 1.64. The Hall–Kier alpha value is -3.40. The highest BCUT2D eigenvalue weighted by molar-refractivity contribution is 5.92. The summed E-state index contributed by atoms with van der Waals surface area (Å²) in [5.41, 5.74) is 3.81. The molecule has 0 radical (unpaired) electrons. The number of rotatable bonds is 7. The number of hydrogen-bond acceptors (Lipinski definition) is 3. The summed E-state index contributed by atoms with van der Waals surface area (Å²) >= 11 is 0. The van der Waals surface area contributed by atoms with Crippen LogP contribution in [-0.4, -0.2) is 18.5 Å². The molecule has 0 aromatic heterocycles. The van der Waals surface area contributed by atoms with Gasteiger partial charge in [-0.15, -0.1) is 0 Å². The van der Waals surface area contributed by atoms with E-state index in [1.807, 2.05) is 85.8 Å². The molecule has 1 N–H and O–H groups in total. The van der Waals surface area contributed by atoms with Crippen molar-refractivity contribution in [2.45, 2.75) is 19.3 Å². The number of carbonyl (C=O) groups excluding carboxylic acids is 2. The number of esters is 1. The Morgan fingerprint density at radius 3 is 2.04 bits per heavy atom. The van der Waals surface area contributed by atoms with Gasteiger partial charge in [0.2, 0.25) is 0 Å². The average Bonchev–Trinajstić information content (AvgIpc) is 2.72. The molecule has 0 saturated carbocycles. The first kappa shape index (κ1) is 19.4. The van der Waals surface area contributed by atoms with E-state index in [1.165, 1.54) is 0 Å². The topological polar surface area (TPSA) is 55.4 Å². The number of ether oxygens (including phenoxy) is 1. The zero-order valence-electron chi connectivity index (χ0n) is 15.8. The van der Waals surface area contributed by atoms with Crippen LogP contribution in [0.5, 0.6) is 0 Å². The maximum atomic E-state index is 12.4. The Balaban J connectivity index is 1.60. The summed E-state index contributed by atoms with van der Waals surface area (Å²) in [5, 5.41) is 2.74. The number of benzene rings is 3. The summed E-state index contributed by atoms with van der Waals surface area (Å²) in [6.07, 6.45) is 0.172. The number of amides is 1. The van der Waals surface area contributed by atoms with Gasteiger partial charge in [0, 0.05) is 11.6 Å². The third-order valence-corrected chi connectivity index (χ3v) is 4.44. The summed E-state index contributed by atoms with van der Waals surface area (Å²) < 4.78 is 5.23. The molecule has 4 heteroatoms. The molecule has 0 spiro atoms. The van der Waals surface area contributed by atoms with Gasteiger partial charge in [-0.1, -0.05) is 72.8 Å². The van der Waals surface area contributed by atoms with E-state index in [9.17, 15) is 9.59 Å². The van der Waals surface area contributed by atoms with Crippen LogP contribution < -0.4 is 5.32 Å². The predicted molar refractivity (Wildman–Crippen MR) is 110 cm³/mol. The highest BCUT2D eigenvalue weighted by Gasteiger charge is 2.19. The predicted octanol–water partition coefficient (Wildman–Crippen LogP) is 4.70. The van der Waals surface area contributed by atoms with Crippen molar-refractivity contribution < 1.29 is 14.3 Å². The molecule has 142 valence electrons. The van der Waals surface area contributed by atoms with Gasteiger partial charge < -0.3 is 10.1 Å². The normalized spacial score (nSPS) is 10.5. The fourth-order valence-corrected chi connectivity index (χ4v) is 3.09. The maximum Gasteiger partial charge on any atom is 0.307 e. The van der Waals surface area contributed by atoms with Gasteiger partial charge in [-0.05, 0) is 35.7 Å². The molecule has 0 aliphatic rings. The van der Waals surface area contributed by atoms with Crippen molar-refractivity contribution >= 4 is 17.6 Å². The molecule has 0 fully saturated rings. The van der Waals surface area contributed by atoms with Crippen LogP contribution in [0.3, 0.4) is 0 Å². The van der Waals surface area contributed by atoms with Crippen molar-refractivity contribution in [3.05, 3.63) is 102 Å². The van der Waals surface area contributed by atoms with Gasteiger partial charge in [-0.2, -0.15) is 0 Å². The zero-order chi connectivity index (χ0) is 19.8. The highest BCUT2D eigenvalue weighted by Crippen LogP contribution is 2.28. The molecule has 0 heterocycles. The molecular weight excluding hydrogens is 350 g/mol. The zero-order valence-corrected chi connectivity index (χ0v) is 15.8. The minimum atomic E-state index is -0.405. The van der Waals surface area contributed by atoms with Crippen molar-refractivity contribution in [1.29, 1.82) is 0 Å². The lowest BCUT2D eigenvalue weighted by molar-refractivity contribution is -0.147. The van der Waals surface area contributed by atoms with Crippen molar-refractivity contribution in [1.82, 2.24) is 0 Å². The van der Waals surface area contributed by atoms with Crippen LogP contribution in [-0.2, 0) is 14.3 Å². The molecule has 3 aromatic rings. The van der Waals surface area contributed by atoms with Crippen LogP contribution in [0.4, 0.5) is 5.69 Å². The summed E-state index contributed by atoms with van der Waals surface area (Å²) in [5.74, 6) is -0.873. The van der Waals surface area contributed by atoms with Crippen LogP contribution in [0.25, 0.3) is 0 Å². The first-order valence-electron chi connectivity index (χ1n) is 9.24. The lowest BCUT2D eigenvalue weighted by Gasteiger charge is -2.17. The maximum absolute atomic E-state index is 12.4. The minimum absolute atomic E-state index is 0.116. The van der Waals surface area contributed by atoms with Crippen LogP contribution in [0.15, 0.2) is 84.9 Å². The molecule has 0 bridgehead atoms. The van der Waals surface area contributed by atoms with E-state index in [0.717, 1.165) is 16.7 Å². The molecule has 3 aromatic carbocycles.